The third-order valence-corrected chi connectivity index (χ3v) is 4.50. The van der Waals surface area contributed by atoms with Gasteiger partial charge in [-0.1, -0.05) is 30.3 Å². The zero-order valence-electron chi connectivity index (χ0n) is 13.4. The fourth-order valence-electron chi connectivity index (χ4n) is 3.24. The van der Waals surface area contributed by atoms with Gasteiger partial charge in [0.25, 0.3) is 5.56 Å². The quantitative estimate of drug-likeness (QED) is 0.799. The van der Waals surface area contributed by atoms with Crippen LogP contribution in [-0.4, -0.2) is 27.3 Å². The molecule has 6 heteroatoms. The third-order valence-electron chi connectivity index (χ3n) is 4.50. The molecule has 1 aliphatic heterocycles. The van der Waals surface area contributed by atoms with Crippen molar-refractivity contribution in [3.8, 4) is 0 Å². The number of nitrogens with one attached hydrogen (secondary N) is 1. The zero-order valence-corrected chi connectivity index (χ0v) is 13.4. The lowest BCUT2D eigenvalue weighted by Crippen LogP contribution is -2.24. The van der Waals surface area contributed by atoms with E-state index in [4.69, 9.17) is 0 Å². The fraction of sp³-hybridized carbons (Fsp3) is 0.211. The minimum atomic E-state index is -0.440. The van der Waals surface area contributed by atoms with Gasteiger partial charge < -0.3 is 9.88 Å². The Hall–Kier alpha value is -3.02. The molecule has 0 unspecified atom stereocenters. The Morgan fingerprint density at radius 3 is 2.76 bits per heavy atom. The third kappa shape index (κ3) is 3.03. The molecule has 25 heavy (non-hydrogen) atoms. The SMILES string of the molecule is O=C1C[C@@H](c2nc3cc(F)ccc3c(=O)[nH]2)CN1Cc1ccccc1. The van der Waals surface area contributed by atoms with Crippen LogP contribution in [-0.2, 0) is 11.3 Å². The van der Waals surface area contributed by atoms with Gasteiger partial charge in [0.2, 0.25) is 5.91 Å². The molecule has 126 valence electrons. The molecule has 2 aromatic carbocycles. The van der Waals surface area contributed by atoms with Gasteiger partial charge in [-0.25, -0.2) is 9.37 Å². The molecular formula is C19H16FN3O2. The van der Waals surface area contributed by atoms with Crippen molar-refractivity contribution >= 4 is 16.8 Å². The number of aromatic nitrogens is 2. The number of carbonyl (C=O) groups is 1. The van der Waals surface area contributed by atoms with Gasteiger partial charge >= 0.3 is 0 Å². The van der Waals surface area contributed by atoms with Crippen LogP contribution in [0.5, 0.6) is 0 Å². The Kier molecular flexibility index (Phi) is 3.80. The summed E-state index contributed by atoms with van der Waals surface area (Å²) in [5, 5.41) is 0.343. The molecule has 1 N–H and O–H groups in total. The Morgan fingerprint density at radius 1 is 1.16 bits per heavy atom. The van der Waals surface area contributed by atoms with Crippen molar-refractivity contribution in [2.75, 3.05) is 6.54 Å². The molecule has 1 amide bonds. The van der Waals surface area contributed by atoms with E-state index in [2.05, 4.69) is 9.97 Å². The predicted molar refractivity (Wildman–Crippen MR) is 91.5 cm³/mol. The predicted octanol–water partition coefficient (Wildman–Crippen LogP) is 2.58. The van der Waals surface area contributed by atoms with E-state index in [0.29, 0.717) is 29.8 Å². The van der Waals surface area contributed by atoms with Crippen LogP contribution in [0.3, 0.4) is 0 Å². The van der Waals surface area contributed by atoms with Crippen molar-refractivity contribution in [1.29, 1.82) is 0 Å². The topological polar surface area (TPSA) is 66.1 Å². The summed E-state index contributed by atoms with van der Waals surface area (Å²) in [5.74, 6) is -0.177. The molecular weight excluding hydrogens is 321 g/mol. The molecule has 0 spiro atoms. The van der Waals surface area contributed by atoms with Crippen LogP contribution in [0, 0.1) is 5.82 Å². The highest BCUT2D eigenvalue weighted by atomic mass is 19.1. The Labute approximate surface area is 143 Å². The van der Waals surface area contributed by atoms with Crippen molar-refractivity contribution in [3.63, 3.8) is 0 Å². The minimum Gasteiger partial charge on any atom is -0.338 e. The standard InChI is InChI=1S/C19H16FN3O2/c20-14-6-7-15-16(9-14)21-18(22-19(15)25)13-8-17(24)23(11-13)10-12-4-2-1-3-5-12/h1-7,9,13H,8,10-11H2,(H,21,22,25)/t13-/m1/s1. The van der Waals surface area contributed by atoms with Gasteiger partial charge in [-0.15, -0.1) is 0 Å². The Bertz CT molecular complexity index is 1000. The monoisotopic (exact) mass is 337 g/mol. The van der Waals surface area contributed by atoms with E-state index in [1.54, 1.807) is 4.90 Å². The summed E-state index contributed by atoms with van der Waals surface area (Å²) in [6.07, 6.45) is 0.288. The summed E-state index contributed by atoms with van der Waals surface area (Å²) in [5.41, 5.74) is 1.06. The molecule has 0 aliphatic carbocycles. The second-order valence-corrected chi connectivity index (χ2v) is 6.27. The maximum Gasteiger partial charge on any atom is 0.258 e. The summed E-state index contributed by atoms with van der Waals surface area (Å²) in [6.45, 7) is 1.01. The molecule has 5 nitrogen and oxygen atoms in total. The highest BCUT2D eigenvalue weighted by molar-refractivity contribution is 5.80. The minimum absolute atomic E-state index is 0.0239. The molecule has 1 saturated heterocycles. The number of likely N-dealkylation sites (tertiary alicyclic amines) is 1. The maximum absolute atomic E-state index is 13.4. The lowest BCUT2D eigenvalue weighted by Gasteiger charge is -2.16. The van der Waals surface area contributed by atoms with E-state index in [1.165, 1.54) is 18.2 Å². The summed E-state index contributed by atoms with van der Waals surface area (Å²) >= 11 is 0. The number of hydrogen-bond donors (Lipinski definition) is 1. The first-order valence-electron chi connectivity index (χ1n) is 8.11. The smallest absolute Gasteiger partial charge is 0.258 e. The Morgan fingerprint density at radius 2 is 1.96 bits per heavy atom. The van der Waals surface area contributed by atoms with Gasteiger partial charge in [0.05, 0.1) is 10.9 Å². The summed E-state index contributed by atoms with van der Waals surface area (Å²) in [4.78, 5) is 33.4. The van der Waals surface area contributed by atoms with Crippen molar-refractivity contribution in [1.82, 2.24) is 14.9 Å². The number of H-pyrrole nitrogens is 1. The zero-order chi connectivity index (χ0) is 17.4. The lowest BCUT2D eigenvalue weighted by atomic mass is 10.1. The first-order valence-corrected chi connectivity index (χ1v) is 8.11. The number of carbonyl (C=O) groups excluding carboxylic acids is 1. The first-order chi connectivity index (χ1) is 12.1. The molecule has 0 radical (unpaired) electrons. The summed E-state index contributed by atoms with van der Waals surface area (Å²) in [6, 6.07) is 13.6. The van der Waals surface area contributed by atoms with E-state index in [-0.39, 0.29) is 23.8 Å². The molecule has 4 rings (SSSR count). The number of rotatable bonds is 3. The number of benzene rings is 2. The molecule has 1 fully saturated rings. The van der Waals surface area contributed by atoms with Crippen molar-refractivity contribution in [2.24, 2.45) is 0 Å². The van der Waals surface area contributed by atoms with Gasteiger partial charge in [0.15, 0.2) is 0 Å². The van der Waals surface area contributed by atoms with Gasteiger partial charge in [0, 0.05) is 31.5 Å². The van der Waals surface area contributed by atoms with Crippen LogP contribution in [0.4, 0.5) is 4.39 Å². The summed E-state index contributed by atoms with van der Waals surface area (Å²) in [7, 11) is 0. The summed E-state index contributed by atoms with van der Waals surface area (Å²) < 4.78 is 13.4. The molecule has 1 aliphatic rings. The number of hydrogen-bond acceptors (Lipinski definition) is 3. The van der Waals surface area contributed by atoms with E-state index < -0.39 is 5.82 Å². The highest BCUT2D eigenvalue weighted by Crippen LogP contribution is 2.27. The Balaban J connectivity index is 1.61. The van der Waals surface area contributed by atoms with Gasteiger partial charge in [-0.3, -0.25) is 9.59 Å². The van der Waals surface area contributed by atoms with Crippen LogP contribution in [0.1, 0.15) is 23.7 Å². The number of aromatic amines is 1. The van der Waals surface area contributed by atoms with Crippen molar-refractivity contribution < 1.29 is 9.18 Å². The normalized spacial score (nSPS) is 17.4. The van der Waals surface area contributed by atoms with Crippen molar-refractivity contribution in [3.05, 3.63) is 76.1 Å². The van der Waals surface area contributed by atoms with Crippen LogP contribution in [0.2, 0.25) is 0 Å². The van der Waals surface area contributed by atoms with E-state index in [1.807, 2.05) is 30.3 Å². The molecule has 0 bridgehead atoms. The second-order valence-electron chi connectivity index (χ2n) is 6.27. The highest BCUT2D eigenvalue weighted by Gasteiger charge is 2.32. The average Bonchev–Trinajstić information content (AvgIpc) is 2.96. The van der Waals surface area contributed by atoms with Gasteiger partial charge in [-0.2, -0.15) is 0 Å². The molecule has 1 atom stereocenters. The van der Waals surface area contributed by atoms with Crippen LogP contribution in [0.25, 0.3) is 10.9 Å². The average molecular weight is 337 g/mol. The largest absolute Gasteiger partial charge is 0.338 e. The van der Waals surface area contributed by atoms with Gasteiger partial charge in [0.1, 0.15) is 11.6 Å². The lowest BCUT2D eigenvalue weighted by molar-refractivity contribution is -0.128. The van der Waals surface area contributed by atoms with Crippen molar-refractivity contribution in [2.45, 2.75) is 18.9 Å². The molecule has 2 heterocycles. The van der Waals surface area contributed by atoms with E-state index >= 15 is 0 Å². The molecule has 0 saturated carbocycles. The van der Waals surface area contributed by atoms with Crippen LogP contribution in [0.15, 0.2) is 53.3 Å². The van der Waals surface area contributed by atoms with Crippen LogP contribution >= 0.6 is 0 Å². The van der Waals surface area contributed by atoms with E-state index in [0.717, 1.165) is 5.56 Å². The first kappa shape index (κ1) is 15.5. The number of halogens is 1. The number of fused-ring (bicyclic) bond motifs is 1. The number of nitrogens with zero attached hydrogens (tertiary/aromatic N) is 2. The van der Waals surface area contributed by atoms with Crippen LogP contribution < -0.4 is 5.56 Å². The van der Waals surface area contributed by atoms with Gasteiger partial charge in [-0.05, 0) is 17.7 Å². The maximum atomic E-state index is 13.4. The fourth-order valence-corrected chi connectivity index (χ4v) is 3.24. The molecule has 1 aromatic heterocycles. The van der Waals surface area contributed by atoms with E-state index in [9.17, 15) is 14.0 Å². The second kappa shape index (κ2) is 6.12. The number of amides is 1. The molecule has 3 aromatic rings.